The number of benzene rings is 1. The number of guanidine groups is 1. The van der Waals surface area contributed by atoms with E-state index in [2.05, 4.69) is 26.3 Å². The first kappa shape index (κ1) is 12.6. The van der Waals surface area contributed by atoms with E-state index in [1.165, 1.54) is 4.90 Å². The number of hydrogen-bond donors (Lipinski definition) is 1. The van der Waals surface area contributed by atoms with Gasteiger partial charge < -0.3 is 0 Å². The lowest BCUT2D eigenvalue weighted by Crippen LogP contribution is -2.45. The van der Waals surface area contributed by atoms with Gasteiger partial charge in [0.1, 0.15) is 0 Å². The predicted molar refractivity (Wildman–Crippen MR) is 80.1 cm³/mol. The fourth-order valence-corrected chi connectivity index (χ4v) is 2.75. The zero-order valence-corrected chi connectivity index (χ0v) is 12.3. The van der Waals surface area contributed by atoms with Crippen LogP contribution in [-0.2, 0) is 0 Å². The molecule has 7 heteroatoms. The van der Waals surface area contributed by atoms with Crippen molar-refractivity contribution in [3.63, 3.8) is 0 Å². The highest BCUT2D eigenvalue weighted by Gasteiger charge is 2.38. The maximum atomic E-state index is 12.5. The summed E-state index contributed by atoms with van der Waals surface area (Å²) < 4.78 is 0. The van der Waals surface area contributed by atoms with Crippen molar-refractivity contribution in [2.24, 2.45) is 4.99 Å². The minimum absolute atomic E-state index is 0.160. The van der Waals surface area contributed by atoms with Crippen molar-refractivity contribution in [1.82, 2.24) is 15.3 Å². The molecule has 1 saturated heterocycles. The van der Waals surface area contributed by atoms with E-state index in [0.717, 1.165) is 6.54 Å². The maximum Gasteiger partial charge on any atom is 0.267 e. The van der Waals surface area contributed by atoms with Gasteiger partial charge in [-0.2, -0.15) is 0 Å². The molecular formula is C12H11BrN4OS. The Morgan fingerprint density at radius 1 is 1.42 bits per heavy atom. The summed E-state index contributed by atoms with van der Waals surface area (Å²) in [6.07, 6.45) is 0. The van der Waals surface area contributed by atoms with Gasteiger partial charge in [-0.25, -0.2) is 9.89 Å². The third-order valence-electron chi connectivity index (χ3n) is 2.91. The van der Waals surface area contributed by atoms with Gasteiger partial charge in [-0.15, -0.1) is 0 Å². The summed E-state index contributed by atoms with van der Waals surface area (Å²) in [6, 6.07) is 9.06. The Morgan fingerprint density at radius 3 is 2.89 bits per heavy atom. The molecule has 19 heavy (non-hydrogen) atoms. The van der Waals surface area contributed by atoms with Crippen LogP contribution in [-0.4, -0.2) is 44.8 Å². The first-order valence-electron chi connectivity index (χ1n) is 5.83. The largest absolute Gasteiger partial charge is 0.271 e. The molecular weight excluding hydrogens is 328 g/mol. The number of carbonyl (C=O) groups is 1. The highest BCUT2D eigenvalue weighted by atomic mass is 79.9. The Hall–Kier alpha value is -1.47. The highest BCUT2D eigenvalue weighted by Crippen LogP contribution is 2.18. The number of aliphatic imine (C=N–C) groups is 1. The van der Waals surface area contributed by atoms with Crippen LogP contribution in [0, 0.1) is 0 Å². The van der Waals surface area contributed by atoms with Crippen molar-refractivity contribution in [2.75, 3.05) is 13.1 Å². The number of rotatable bonds is 1. The summed E-state index contributed by atoms with van der Waals surface area (Å²) in [4.78, 5) is 18.6. The molecule has 0 aliphatic carbocycles. The van der Waals surface area contributed by atoms with Crippen molar-refractivity contribution >= 4 is 45.1 Å². The SMILES string of the molecule is O=C(c1ccccc1)N1C(=S)NN2CC(Br)CN=C21. The number of fused-ring (bicyclic) bond motifs is 1. The molecule has 1 unspecified atom stereocenters. The molecule has 1 aromatic carbocycles. The van der Waals surface area contributed by atoms with Crippen LogP contribution in [0.25, 0.3) is 0 Å². The van der Waals surface area contributed by atoms with Crippen LogP contribution in [0.5, 0.6) is 0 Å². The van der Waals surface area contributed by atoms with E-state index >= 15 is 0 Å². The molecule has 1 atom stereocenters. The second kappa shape index (κ2) is 4.90. The van der Waals surface area contributed by atoms with E-state index in [9.17, 15) is 4.79 Å². The normalized spacial score (nSPS) is 21.8. The van der Waals surface area contributed by atoms with E-state index in [1.54, 1.807) is 17.1 Å². The van der Waals surface area contributed by atoms with Crippen LogP contribution in [0.3, 0.4) is 0 Å². The van der Waals surface area contributed by atoms with Gasteiger partial charge in [0.15, 0.2) is 0 Å². The monoisotopic (exact) mass is 338 g/mol. The molecule has 0 radical (unpaired) electrons. The van der Waals surface area contributed by atoms with Crippen molar-refractivity contribution in [3.8, 4) is 0 Å². The molecule has 0 spiro atoms. The second-order valence-electron chi connectivity index (χ2n) is 4.27. The highest BCUT2D eigenvalue weighted by molar-refractivity contribution is 9.09. The maximum absolute atomic E-state index is 12.5. The molecule has 2 aliphatic heterocycles. The Bertz CT molecular complexity index is 562. The lowest BCUT2D eigenvalue weighted by atomic mass is 10.2. The van der Waals surface area contributed by atoms with Crippen LogP contribution in [0.4, 0.5) is 0 Å². The Labute approximate surface area is 124 Å². The van der Waals surface area contributed by atoms with Gasteiger partial charge in [0.25, 0.3) is 5.91 Å². The zero-order chi connectivity index (χ0) is 13.4. The molecule has 1 aromatic rings. The molecule has 1 fully saturated rings. The Morgan fingerprint density at radius 2 is 2.16 bits per heavy atom. The number of halogens is 1. The molecule has 1 N–H and O–H groups in total. The molecule has 1 amide bonds. The van der Waals surface area contributed by atoms with Crippen molar-refractivity contribution in [2.45, 2.75) is 4.83 Å². The number of nitrogens with one attached hydrogen (secondary N) is 1. The number of thiocarbonyl (C=S) groups is 1. The predicted octanol–water partition coefficient (Wildman–Crippen LogP) is 1.37. The van der Waals surface area contributed by atoms with E-state index in [-0.39, 0.29) is 10.7 Å². The standard InChI is InChI=1S/C12H11BrN4OS/c13-9-6-14-11-16(7-9)15-12(19)17(11)10(18)8-4-2-1-3-5-8/h1-5,9H,6-7H2,(H,15,19). The fourth-order valence-electron chi connectivity index (χ4n) is 2.04. The summed E-state index contributed by atoms with van der Waals surface area (Å²) in [6.45, 7) is 1.35. The number of amides is 1. The third kappa shape index (κ3) is 2.23. The van der Waals surface area contributed by atoms with Crippen LogP contribution < -0.4 is 5.43 Å². The van der Waals surface area contributed by atoms with E-state index in [0.29, 0.717) is 23.2 Å². The van der Waals surface area contributed by atoms with Crippen LogP contribution >= 0.6 is 28.1 Å². The fraction of sp³-hybridized carbons (Fsp3) is 0.250. The summed E-state index contributed by atoms with van der Waals surface area (Å²) >= 11 is 8.74. The topological polar surface area (TPSA) is 47.9 Å². The molecule has 0 bridgehead atoms. The van der Waals surface area contributed by atoms with Crippen molar-refractivity contribution < 1.29 is 4.79 Å². The molecule has 3 rings (SSSR count). The van der Waals surface area contributed by atoms with Gasteiger partial charge in [-0.05, 0) is 24.4 Å². The summed E-state index contributed by atoms with van der Waals surface area (Å²) in [7, 11) is 0. The van der Waals surface area contributed by atoms with Gasteiger partial charge in [0, 0.05) is 5.56 Å². The first-order chi connectivity index (χ1) is 9.16. The number of hydrazine groups is 1. The average Bonchev–Trinajstić information content (AvgIpc) is 2.74. The lowest BCUT2D eigenvalue weighted by Gasteiger charge is -2.25. The Kier molecular flexibility index (Phi) is 3.24. The van der Waals surface area contributed by atoms with E-state index in [4.69, 9.17) is 12.2 Å². The van der Waals surface area contributed by atoms with Gasteiger partial charge >= 0.3 is 0 Å². The number of hydrogen-bond acceptors (Lipinski definition) is 4. The van der Waals surface area contributed by atoms with Gasteiger partial charge in [0.05, 0.1) is 17.9 Å². The summed E-state index contributed by atoms with van der Waals surface area (Å²) in [5.41, 5.74) is 3.59. The minimum Gasteiger partial charge on any atom is -0.271 e. The second-order valence-corrected chi connectivity index (χ2v) is 5.95. The number of alkyl halides is 1. The third-order valence-corrected chi connectivity index (χ3v) is 3.76. The van der Waals surface area contributed by atoms with Crippen molar-refractivity contribution in [1.29, 1.82) is 0 Å². The molecule has 2 aliphatic rings. The van der Waals surface area contributed by atoms with Gasteiger partial charge in [0.2, 0.25) is 11.1 Å². The van der Waals surface area contributed by atoms with Crippen LogP contribution in [0.1, 0.15) is 10.4 Å². The first-order valence-corrected chi connectivity index (χ1v) is 7.15. The number of nitrogens with zero attached hydrogens (tertiary/aromatic N) is 3. The van der Waals surface area contributed by atoms with Crippen LogP contribution in [0.15, 0.2) is 35.3 Å². The van der Waals surface area contributed by atoms with E-state index < -0.39 is 0 Å². The molecule has 0 aromatic heterocycles. The minimum atomic E-state index is -0.160. The molecule has 5 nitrogen and oxygen atoms in total. The smallest absolute Gasteiger partial charge is 0.267 e. The van der Waals surface area contributed by atoms with Gasteiger partial charge in [-0.3, -0.25) is 15.2 Å². The zero-order valence-electron chi connectivity index (χ0n) is 9.91. The van der Waals surface area contributed by atoms with Crippen molar-refractivity contribution in [3.05, 3.63) is 35.9 Å². The average molecular weight is 339 g/mol. The Balaban J connectivity index is 1.92. The summed E-state index contributed by atoms with van der Waals surface area (Å²) in [5, 5.41) is 2.17. The molecule has 98 valence electrons. The van der Waals surface area contributed by atoms with E-state index in [1.807, 2.05) is 18.2 Å². The molecule has 2 heterocycles. The van der Waals surface area contributed by atoms with Gasteiger partial charge in [-0.1, -0.05) is 34.1 Å². The van der Waals surface area contributed by atoms with Crippen LogP contribution in [0.2, 0.25) is 0 Å². The molecule has 0 saturated carbocycles. The number of carbonyl (C=O) groups excluding carboxylic acids is 1. The quantitative estimate of drug-likeness (QED) is 0.620. The summed E-state index contributed by atoms with van der Waals surface area (Å²) in [5.74, 6) is 0.418. The lowest BCUT2D eigenvalue weighted by molar-refractivity contribution is 0.0903.